The molecule has 0 spiro atoms. The van der Waals surface area contributed by atoms with Gasteiger partial charge in [0.1, 0.15) is 0 Å². The number of rotatable bonds is 3. The van der Waals surface area contributed by atoms with Crippen molar-refractivity contribution in [2.24, 2.45) is 5.92 Å². The predicted octanol–water partition coefficient (Wildman–Crippen LogP) is 2.63. The molecule has 4 heteroatoms. The normalized spacial score (nSPS) is 28.6. The van der Waals surface area contributed by atoms with E-state index in [4.69, 9.17) is 4.74 Å². The molecule has 1 unspecified atom stereocenters. The van der Waals surface area contributed by atoms with Gasteiger partial charge in [0.15, 0.2) is 0 Å². The molecular formula is C13H22BrNO2. The molecule has 17 heavy (non-hydrogen) atoms. The van der Waals surface area contributed by atoms with Gasteiger partial charge in [0.25, 0.3) is 0 Å². The van der Waals surface area contributed by atoms with Crippen LogP contribution in [0, 0.1) is 5.92 Å². The minimum atomic E-state index is 0.00673. The van der Waals surface area contributed by atoms with Gasteiger partial charge in [0.2, 0.25) is 5.91 Å². The second-order valence-electron chi connectivity index (χ2n) is 5.38. The molecule has 1 atom stereocenters. The number of hydrogen-bond acceptors (Lipinski definition) is 2. The molecule has 2 rings (SSSR count). The zero-order chi connectivity index (χ0) is 12.1. The van der Waals surface area contributed by atoms with Crippen molar-refractivity contribution in [3.05, 3.63) is 0 Å². The lowest BCUT2D eigenvalue weighted by atomic mass is 9.82. The van der Waals surface area contributed by atoms with Gasteiger partial charge in [0, 0.05) is 17.5 Å². The Hall–Kier alpha value is -0.0900. The lowest BCUT2D eigenvalue weighted by Gasteiger charge is -2.38. The summed E-state index contributed by atoms with van der Waals surface area (Å²) in [4.78, 5) is 12.2. The highest BCUT2D eigenvalue weighted by atomic mass is 79.9. The van der Waals surface area contributed by atoms with Crippen molar-refractivity contribution in [3.63, 3.8) is 0 Å². The van der Waals surface area contributed by atoms with E-state index in [1.807, 2.05) is 0 Å². The number of nitrogens with one attached hydrogen (secondary N) is 1. The highest BCUT2D eigenvalue weighted by Crippen LogP contribution is 2.30. The van der Waals surface area contributed by atoms with Crippen molar-refractivity contribution in [3.8, 4) is 0 Å². The van der Waals surface area contributed by atoms with Crippen molar-refractivity contribution in [1.29, 1.82) is 0 Å². The molecule has 0 aromatic carbocycles. The summed E-state index contributed by atoms with van der Waals surface area (Å²) in [5.74, 6) is 0.271. The fourth-order valence-electron chi connectivity index (χ4n) is 2.83. The summed E-state index contributed by atoms with van der Waals surface area (Å²) in [7, 11) is 0. The molecule has 0 aromatic rings. The Morgan fingerprint density at radius 1 is 1.29 bits per heavy atom. The predicted molar refractivity (Wildman–Crippen MR) is 71.3 cm³/mol. The Bertz CT molecular complexity index is 258. The van der Waals surface area contributed by atoms with Gasteiger partial charge in [-0.25, -0.2) is 0 Å². The van der Waals surface area contributed by atoms with Crippen LogP contribution in [-0.2, 0) is 9.53 Å². The lowest BCUT2D eigenvalue weighted by molar-refractivity contribution is -0.131. The number of carbonyl (C=O) groups excluding carboxylic acids is 1. The minimum Gasteiger partial charge on any atom is -0.381 e. The average Bonchev–Trinajstić information content (AvgIpc) is 2.41. The van der Waals surface area contributed by atoms with Crippen LogP contribution in [0.5, 0.6) is 0 Å². The Morgan fingerprint density at radius 3 is 2.65 bits per heavy atom. The fourth-order valence-corrected chi connectivity index (χ4v) is 3.53. The third-order valence-electron chi connectivity index (χ3n) is 3.99. The molecule has 2 aliphatic rings. The molecule has 1 N–H and O–H groups in total. The van der Waals surface area contributed by atoms with Gasteiger partial charge in [-0.1, -0.05) is 35.2 Å². The highest BCUT2D eigenvalue weighted by Gasteiger charge is 2.34. The summed E-state index contributed by atoms with van der Waals surface area (Å²) in [6.07, 6.45) is 7.97. The van der Waals surface area contributed by atoms with Crippen LogP contribution < -0.4 is 5.32 Å². The minimum absolute atomic E-state index is 0.00673. The monoisotopic (exact) mass is 303 g/mol. The average molecular weight is 304 g/mol. The zero-order valence-corrected chi connectivity index (χ0v) is 11.9. The van der Waals surface area contributed by atoms with Gasteiger partial charge < -0.3 is 10.1 Å². The van der Waals surface area contributed by atoms with E-state index < -0.39 is 0 Å². The maximum atomic E-state index is 12.2. The first-order chi connectivity index (χ1) is 8.26. The lowest BCUT2D eigenvalue weighted by Crippen LogP contribution is -2.53. The van der Waals surface area contributed by atoms with Crippen LogP contribution in [0.2, 0.25) is 0 Å². The van der Waals surface area contributed by atoms with Crippen molar-refractivity contribution in [2.45, 2.75) is 50.5 Å². The molecule has 1 heterocycles. The standard InChI is InChI=1S/C13H22BrNO2/c14-10-13(6-2-1-3-7-13)15-12(16)11-5-4-8-17-9-11/h11H,1-10H2,(H,15,16). The summed E-state index contributed by atoms with van der Waals surface area (Å²) in [6.45, 7) is 1.41. The summed E-state index contributed by atoms with van der Waals surface area (Å²) >= 11 is 3.57. The summed E-state index contributed by atoms with van der Waals surface area (Å²) < 4.78 is 5.39. The van der Waals surface area contributed by atoms with Gasteiger partial charge in [-0.15, -0.1) is 0 Å². The van der Waals surface area contributed by atoms with E-state index in [2.05, 4.69) is 21.2 Å². The van der Waals surface area contributed by atoms with E-state index in [0.717, 1.165) is 37.6 Å². The largest absolute Gasteiger partial charge is 0.381 e. The van der Waals surface area contributed by atoms with Crippen LogP contribution in [0.1, 0.15) is 44.9 Å². The van der Waals surface area contributed by atoms with E-state index in [0.29, 0.717) is 6.61 Å². The first kappa shape index (κ1) is 13.3. The van der Waals surface area contributed by atoms with Crippen molar-refractivity contribution < 1.29 is 9.53 Å². The SMILES string of the molecule is O=C(NC1(CBr)CCCCC1)C1CCCOC1. The number of hydrogen-bond donors (Lipinski definition) is 1. The van der Waals surface area contributed by atoms with Crippen LogP contribution in [-0.4, -0.2) is 30.0 Å². The fraction of sp³-hybridized carbons (Fsp3) is 0.923. The van der Waals surface area contributed by atoms with Crippen LogP contribution in [0.25, 0.3) is 0 Å². The van der Waals surface area contributed by atoms with Gasteiger partial charge in [-0.3, -0.25) is 4.79 Å². The third-order valence-corrected chi connectivity index (χ3v) is 5.06. The smallest absolute Gasteiger partial charge is 0.225 e. The molecule has 0 bridgehead atoms. The Morgan fingerprint density at radius 2 is 2.06 bits per heavy atom. The number of carbonyl (C=O) groups is 1. The summed E-state index contributed by atoms with van der Waals surface area (Å²) in [5, 5.41) is 4.16. The van der Waals surface area contributed by atoms with E-state index >= 15 is 0 Å². The van der Waals surface area contributed by atoms with E-state index in [9.17, 15) is 4.79 Å². The first-order valence-corrected chi connectivity index (χ1v) is 7.84. The quantitative estimate of drug-likeness (QED) is 0.814. The van der Waals surface area contributed by atoms with Crippen molar-refractivity contribution >= 4 is 21.8 Å². The van der Waals surface area contributed by atoms with Crippen LogP contribution >= 0.6 is 15.9 Å². The molecule has 0 radical (unpaired) electrons. The second-order valence-corrected chi connectivity index (χ2v) is 5.94. The molecule has 98 valence electrons. The Kier molecular flexibility index (Phi) is 4.86. The molecule has 1 amide bonds. The molecular weight excluding hydrogens is 282 g/mol. The maximum Gasteiger partial charge on any atom is 0.225 e. The number of ether oxygens (including phenoxy) is 1. The Labute approximate surface area is 112 Å². The Balaban J connectivity index is 1.90. The number of halogens is 1. The van der Waals surface area contributed by atoms with Crippen molar-refractivity contribution in [2.75, 3.05) is 18.5 Å². The van der Waals surface area contributed by atoms with E-state index in [1.54, 1.807) is 0 Å². The van der Waals surface area contributed by atoms with Gasteiger partial charge in [-0.05, 0) is 25.7 Å². The van der Waals surface area contributed by atoms with Gasteiger partial charge in [-0.2, -0.15) is 0 Å². The molecule has 2 fully saturated rings. The number of alkyl halides is 1. The van der Waals surface area contributed by atoms with Gasteiger partial charge in [0.05, 0.1) is 12.5 Å². The summed E-state index contributed by atoms with van der Waals surface area (Å²) in [5.41, 5.74) is 0.00673. The molecule has 3 nitrogen and oxygen atoms in total. The molecule has 1 aliphatic heterocycles. The summed E-state index contributed by atoms with van der Waals surface area (Å²) in [6, 6.07) is 0. The van der Waals surface area contributed by atoms with E-state index in [1.165, 1.54) is 19.3 Å². The molecule has 0 aromatic heterocycles. The van der Waals surface area contributed by atoms with E-state index in [-0.39, 0.29) is 17.4 Å². The molecule has 1 saturated heterocycles. The second kappa shape index (κ2) is 6.19. The van der Waals surface area contributed by atoms with Crippen LogP contribution in [0.15, 0.2) is 0 Å². The number of amides is 1. The van der Waals surface area contributed by atoms with Crippen molar-refractivity contribution in [1.82, 2.24) is 5.32 Å². The third kappa shape index (κ3) is 3.44. The maximum absolute atomic E-state index is 12.2. The molecule has 1 saturated carbocycles. The van der Waals surface area contributed by atoms with Crippen LogP contribution in [0.4, 0.5) is 0 Å². The molecule has 1 aliphatic carbocycles. The first-order valence-electron chi connectivity index (χ1n) is 6.71. The zero-order valence-electron chi connectivity index (χ0n) is 10.3. The highest BCUT2D eigenvalue weighted by molar-refractivity contribution is 9.09. The topological polar surface area (TPSA) is 38.3 Å². The van der Waals surface area contributed by atoms with Crippen LogP contribution in [0.3, 0.4) is 0 Å². The van der Waals surface area contributed by atoms with Gasteiger partial charge >= 0.3 is 0 Å².